The molecule has 0 amide bonds. The van der Waals surface area contributed by atoms with E-state index in [0.717, 1.165) is 0 Å². The van der Waals surface area contributed by atoms with Gasteiger partial charge in [0.2, 0.25) is 0 Å². The van der Waals surface area contributed by atoms with Gasteiger partial charge in [-0.3, -0.25) is 4.55 Å². The van der Waals surface area contributed by atoms with Gasteiger partial charge in [0.25, 0.3) is 0 Å². The van der Waals surface area contributed by atoms with E-state index in [0.29, 0.717) is 0 Å². The van der Waals surface area contributed by atoms with Crippen LogP contribution in [0.4, 0.5) is 0 Å². The summed E-state index contributed by atoms with van der Waals surface area (Å²) in [7, 11) is -4.70. The lowest BCUT2D eigenvalue weighted by Crippen LogP contribution is -2.42. The van der Waals surface area contributed by atoms with E-state index < -0.39 is 41.9 Å². The highest BCUT2D eigenvalue weighted by atomic mass is 32.3. The van der Waals surface area contributed by atoms with E-state index in [2.05, 4.69) is 4.18 Å². The molecular formula is C5H15NO8S. The van der Waals surface area contributed by atoms with Crippen LogP contribution < -0.4 is 6.15 Å². The number of hydrogen-bond acceptors (Lipinski definition) is 8. The Morgan fingerprint density at radius 2 is 1.60 bits per heavy atom. The molecule has 3 atom stereocenters. The van der Waals surface area contributed by atoms with Crippen LogP contribution in [0.25, 0.3) is 0 Å². The van der Waals surface area contributed by atoms with E-state index in [-0.39, 0.29) is 6.15 Å². The number of rotatable bonds is 6. The molecule has 0 bridgehead atoms. The maximum Gasteiger partial charge on any atom is 0.397 e. The second-order valence-electron chi connectivity index (χ2n) is 2.52. The topological polar surface area (TPSA) is 180 Å². The van der Waals surface area contributed by atoms with Crippen LogP contribution in [0.15, 0.2) is 0 Å². The molecule has 0 unspecified atom stereocenters. The highest BCUT2D eigenvalue weighted by molar-refractivity contribution is 7.80. The predicted octanol–water partition coefficient (Wildman–Crippen LogP) is -2.96. The summed E-state index contributed by atoms with van der Waals surface area (Å²) in [4.78, 5) is 0. The fourth-order valence-corrected chi connectivity index (χ4v) is 0.930. The second kappa shape index (κ2) is 7.03. The summed E-state index contributed by atoms with van der Waals surface area (Å²) in [5.74, 6) is 0. The lowest BCUT2D eigenvalue weighted by Gasteiger charge is -2.20. The predicted molar refractivity (Wildman–Crippen MR) is 47.6 cm³/mol. The van der Waals surface area contributed by atoms with Gasteiger partial charge >= 0.3 is 10.4 Å². The minimum Gasteiger partial charge on any atom is -0.394 e. The minimum absolute atomic E-state index is 0. The van der Waals surface area contributed by atoms with Gasteiger partial charge in [-0.25, -0.2) is 4.18 Å². The number of hydrogen-bond donors (Lipinski definition) is 6. The average Bonchev–Trinajstić information content (AvgIpc) is 2.10. The van der Waals surface area contributed by atoms with Gasteiger partial charge in [0.1, 0.15) is 18.3 Å². The van der Waals surface area contributed by atoms with Gasteiger partial charge < -0.3 is 26.6 Å². The van der Waals surface area contributed by atoms with Crippen LogP contribution in [0.3, 0.4) is 0 Å². The molecule has 94 valence electrons. The molecule has 0 aliphatic rings. The summed E-state index contributed by atoms with van der Waals surface area (Å²) >= 11 is 0. The van der Waals surface area contributed by atoms with Crippen molar-refractivity contribution in [3.63, 3.8) is 0 Å². The summed E-state index contributed by atoms with van der Waals surface area (Å²) in [6.07, 6.45) is -5.11. The van der Waals surface area contributed by atoms with Gasteiger partial charge in [-0.1, -0.05) is 0 Å². The quantitative estimate of drug-likeness (QED) is 0.268. The molecule has 15 heavy (non-hydrogen) atoms. The fraction of sp³-hybridized carbons (Fsp3) is 1.00. The van der Waals surface area contributed by atoms with Crippen LogP contribution in [0.2, 0.25) is 0 Å². The summed E-state index contributed by atoms with van der Waals surface area (Å²) < 4.78 is 31.9. The maximum absolute atomic E-state index is 10.0. The van der Waals surface area contributed by atoms with E-state index >= 15 is 0 Å². The third-order valence-electron chi connectivity index (χ3n) is 1.36. The highest BCUT2D eigenvalue weighted by Crippen LogP contribution is 2.01. The second-order valence-corrected chi connectivity index (χ2v) is 3.61. The Kier molecular flexibility index (Phi) is 8.00. The molecule has 0 aliphatic heterocycles. The smallest absolute Gasteiger partial charge is 0.394 e. The van der Waals surface area contributed by atoms with Crippen LogP contribution in [0.5, 0.6) is 0 Å². The molecule has 0 aliphatic carbocycles. The standard InChI is InChI=1S/C5H12O8S.H3N/c6-1-3(7)5(9)4(8)2-13-14(10,11)12;/h3-9H,1-2H2,(H,10,11,12);1H3/t3-,4+,5+;/m1./s1. The Morgan fingerprint density at radius 3 is 1.93 bits per heavy atom. The van der Waals surface area contributed by atoms with E-state index in [9.17, 15) is 8.42 Å². The highest BCUT2D eigenvalue weighted by Gasteiger charge is 2.25. The Balaban J connectivity index is 0. The third kappa shape index (κ3) is 7.58. The first kappa shape index (κ1) is 17.1. The SMILES string of the molecule is N.O=S(=O)(O)OC[C@H](O)[C@@H](O)[C@H](O)CO. The van der Waals surface area contributed by atoms with Crippen molar-refractivity contribution < 1.29 is 37.6 Å². The van der Waals surface area contributed by atoms with E-state index in [1.54, 1.807) is 0 Å². The fourth-order valence-electron chi connectivity index (χ4n) is 0.619. The van der Waals surface area contributed by atoms with Crippen molar-refractivity contribution in [2.75, 3.05) is 13.2 Å². The van der Waals surface area contributed by atoms with Crippen molar-refractivity contribution in [1.82, 2.24) is 6.15 Å². The Morgan fingerprint density at radius 1 is 1.13 bits per heavy atom. The van der Waals surface area contributed by atoms with Crippen LogP contribution in [-0.2, 0) is 14.6 Å². The molecule has 0 aromatic rings. The molecule has 0 spiro atoms. The van der Waals surface area contributed by atoms with Gasteiger partial charge in [0.05, 0.1) is 13.2 Å². The van der Waals surface area contributed by atoms with E-state index in [1.807, 2.05) is 0 Å². The zero-order valence-electron chi connectivity index (χ0n) is 7.72. The molecule has 0 rings (SSSR count). The zero-order valence-corrected chi connectivity index (χ0v) is 8.54. The maximum atomic E-state index is 10.0. The van der Waals surface area contributed by atoms with Gasteiger partial charge in [-0.15, -0.1) is 0 Å². The molecule has 0 fully saturated rings. The lowest BCUT2D eigenvalue weighted by atomic mass is 10.1. The molecule has 0 saturated heterocycles. The number of aliphatic hydroxyl groups is 4. The van der Waals surface area contributed by atoms with Gasteiger partial charge in [0, 0.05) is 0 Å². The molecule has 0 radical (unpaired) electrons. The van der Waals surface area contributed by atoms with Crippen molar-refractivity contribution in [3.05, 3.63) is 0 Å². The molecular weight excluding hydrogens is 234 g/mol. The summed E-state index contributed by atoms with van der Waals surface area (Å²) in [6, 6.07) is 0. The largest absolute Gasteiger partial charge is 0.397 e. The van der Waals surface area contributed by atoms with Crippen LogP contribution in [0.1, 0.15) is 0 Å². The van der Waals surface area contributed by atoms with Crippen LogP contribution >= 0.6 is 0 Å². The van der Waals surface area contributed by atoms with Crippen LogP contribution in [0, 0.1) is 0 Å². The Hall–Kier alpha value is -0.330. The average molecular weight is 249 g/mol. The summed E-state index contributed by atoms with van der Waals surface area (Å²) in [6.45, 7) is -1.72. The molecule has 9 nitrogen and oxygen atoms in total. The van der Waals surface area contributed by atoms with Crippen LogP contribution in [-0.4, -0.2) is 64.9 Å². The van der Waals surface area contributed by atoms with Crippen molar-refractivity contribution >= 4 is 10.4 Å². The molecule has 10 heteroatoms. The first-order valence-corrected chi connectivity index (χ1v) is 4.91. The van der Waals surface area contributed by atoms with Gasteiger partial charge in [-0.2, -0.15) is 8.42 Å². The molecule has 0 heterocycles. The summed E-state index contributed by atoms with van der Waals surface area (Å²) in [5.41, 5.74) is 0. The Labute approximate surface area is 86.5 Å². The van der Waals surface area contributed by atoms with Gasteiger partial charge in [0.15, 0.2) is 0 Å². The van der Waals surface area contributed by atoms with E-state index in [4.69, 9.17) is 25.0 Å². The lowest BCUT2D eigenvalue weighted by molar-refractivity contribution is -0.0873. The molecule has 8 N–H and O–H groups in total. The first-order valence-electron chi connectivity index (χ1n) is 3.55. The Bertz CT molecular complexity index is 254. The van der Waals surface area contributed by atoms with Gasteiger partial charge in [-0.05, 0) is 0 Å². The van der Waals surface area contributed by atoms with E-state index in [1.165, 1.54) is 0 Å². The molecule has 0 aromatic carbocycles. The van der Waals surface area contributed by atoms with Crippen molar-refractivity contribution in [2.24, 2.45) is 0 Å². The molecule has 0 saturated carbocycles. The third-order valence-corrected chi connectivity index (χ3v) is 1.80. The normalized spacial score (nSPS) is 17.7. The van der Waals surface area contributed by atoms with Crippen molar-refractivity contribution in [1.29, 1.82) is 0 Å². The first-order chi connectivity index (χ1) is 6.28. The summed E-state index contributed by atoms with van der Waals surface area (Å²) in [5, 5.41) is 35.1. The number of aliphatic hydroxyl groups excluding tert-OH is 4. The van der Waals surface area contributed by atoms with Crippen molar-refractivity contribution in [2.45, 2.75) is 18.3 Å². The molecule has 0 aromatic heterocycles. The van der Waals surface area contributed by atoms with Crippen molar-refractivity contribution in [3.8, 4) is 0 Å². The zero-order chi connectivity index (χ0) is 11.4. The monoisotopic (exact) mass is 249 g/mol. The minimum atomic E-state index is -4.70.